The molecule has 0 spiro atoms. The Morgan fingerprint density at radius 2 is 2.12 bits per heavy atom. The Morgan fingerprint density at radius 3 is 2.59 bits per heavy atom. The number of carbonyl (C=O) groups is 1. The normalized spacial score (nSPS) is 12.3. The molecule has 0 saturated heterocycles. The van der Waals surface area contributed by atoms with Crippen LogP contribution in [0.2, 0.25) is 0 Å². The number of aliphatic hydroxyl groups is 1. The third kappa shape index (κ3) is 3.26. The van der Waals surface area contributed by atoms with E-state index in [4.69, 9.17) is 10.9 Å². The van der Waals surface area contributed by atoms with E-state index in [1.54, 1.807) is 0 Å². The number of nitrogens with one attached hydrogen (secondary N) is 1. The van der Waals surface area contributed by atoms with Gasteiger partial charge in [0, 0.05) is 5.56 Å². The third-order valence-corrected chi connectivity index (χ3v) is 1.93. The fourth-order valence-corrected chi connectivity index (χ4v) is 1.21. The number of carboxylic acid groups (broad SMARTS) is 1. The molecule has 1 rings (SSSR count). The van der Waals surface area contributed by atoms with Gasteiger partial charge in [-0.15, -0.1) is 0 Å². The van der Waals surface area contributed by atoms with Gasteiger partial charge in [0.25, 0.3) is 0 Å². The van der Waals surface area contributed by atoms with Gasteiger partial charge in [0.1, 0.15) is 5.75 Å². The lowest BCUT2D eigenvalue weighted by Gasteiger charge is -2.13. The van der Waals surface area contributed by atoms with Crippen molar-refractivity contribution in [3.8, 4) is 5.75 Å². The van der Waals surface area contributed by atoms with E-state index in [-0.39, 0.29) is 17.0 Å². The molecule has 0 aliphatic carbocycles. The molecule has 0 amide bonds. The lowest BCUT2D eigenvalue weighted by atomic mass is 10.1. The lowest BCUT2D eigenvalue weighted by Crippen LogP contribution is -2.16. The maximum Gasteiger partial charge on any atom is 0.387 e. The predicted molar refractivity (Wildman–Crippen MR) is 53.5 cm³/mol. The van der Waals surface area contributed by atoms with Gasteiger partial charge in [0.2, 0.25) is 0 Å². The molecule has 17 heavy (non-hydrogen) atoms. The van der Waals surface area contributed by atoms with Crippen LogP contribution in [0.25, 0.3) is 0 Å². The smallest absolute Gasteiger partial charge is 0.387 e. The molecule has 1 atom stereocenters. The SMILES string of the molecule is NNc1ccc(OC(F)F)cc1C(O)C(=O)O. The molecule has 1 unspecified atom stereocenters. The number of anilines is 1. The minimum Gasteiger partial charge on any atom is -0.479 e. The Morgan fingerprint density at radius 1 is 1.47 bits per heavy atom. The van der Waals surface area contributed by atoms with E-state index < -0.39 is 18.7 Å². The lowest BCUT2D eigenvalue weighted by molar-refractivity contribution is -0.146. The van der Waals surface area contributed by atoms with Crippen LogP contribution in [-0.2, 0) is 4.79 Å². The van der Waals surface area contributed by atoms with E-state index in [2.05, 4.69) is 10.2 Å². The summed E-state index contributed by atoms with van der Waals surface area (Å²) in [6, 6.07) is 3.36. The molecule has 5 N–H and O–H groups in total. The maximum atomic E-state index is 12.0. The molecule has 1 aromatic carbocycles. The monoisotopic (exact) mass is 248 g/mol. The van der Waals surface area contributed by atoms with E-state index in [0.717, 1.165) is 6.07 Å². The maximum absolute atomic E-state index is 12.0. The average molecular weight is 248 g/mol. The van der Waals surface area contributed by atoms with Crippen LogP contribution in [0.1, 0.15) is 11.7 Å². The molecular weight excluding hydrogens is 238 g/mol. The summed E-state index contributed by atoms with van der Waals surface area (Å²) < 4.78 is 28.0. The van der Waals surface area contributed by atoms with Gasteiger partial charge < -0.3 is 20.4 Å². The van der Waals surface area contributed by atoms with Gasteiger partial charge in [-0.25, -0.2) is 4.79 Å². The molecule has 0 fully saturated rings. The van der Waals surface area contributed by atoms with Gasteiger partial charge in [-0.2, -0.15) is 8.78 Å². The van der Waals surface area contributed by atoms with Gasteiger partial charge in [-0.3, -0.25) is 5.84 Å². The van der Waals surface area contributed by atoms with Crippen LogP contribution in [0.3, 0.4) is 0 Å². The number of rotatable bonds is 5. The van der Waals surface area contributed by atoms with E-state index in [1.807, 2.05) is 0 Å². The van der Waals surface area contributed by atoms with Crippen molar-refractivity contribution >= 4 is 11.7 Å². The number of aliphatic carboxylic acids is 1. The molecule has 94 valence electrons. The number of halogens is 2. The number of benzene rings is 1. The number of nitrogen functional groups attached to an aromatic ring is 1. The fraction of sp³-hybridized carbons (Fsp3) is 0.222. The van der Waals surface area contributed by atoms with Crippen molar-refractivity contribution in [1.29, 1.82) is 0 Å². The van der Waals surface area contributed by atoms with E-state index in [1.165, 1.54) is 12.1 Å². The van der Waals surface area contributed by atoms with Crippen molar-refractivity contribution in [2.45, 2.75) is 12.7 Å². The molecular formula is C9H10F2N2O4. The molecule has 0 saturated carbocycles. The molecule has 0 heterocycles. The van der Waals surface area contributed by atoms with E-state index in [0.29, 0.717) is 0 Å². The number of hydrogen-bond acceptors (Lipinski definition) is 5. The molecule has 0 aromatic heterocycles. The summed E-state index contributed by atoms with van der Waals surface area (Å²) in [6.45, 7) is -3.04. The molecule has 6 nitrogen and oxygen atoms in total. The van der Waals surface area contributed by atoms with Crippen molar-refractivity contribution in [1.82, 2.24) is 0 Å². The van der Waals surface area contributed by atoms with Crippen molar-refractivity contribution in [2.75, 3.05) is 5.43 Å². The van der Waals surface area contributed by atoms with Crippen molar-refractivity contribution in [3.05, 3.63) is 23.8 Å². The summed E-state index contributed by atoms with van der Waals surface area (Å²) in [5.74, 6) is 3.30. The Balaban J connectivity index is 3.10. The summed E-state index contributed by atoms with van der Waals surface area (Å²) in [4.78, 5) is 10.6. The molecule has 0 aliphatic heterocycles. The first kappa shape index (κ1) is 13.1. The van der Waals surface area contributed by atoms with Crippen LogP contribution in [0.5, 0.6) is 5.75 Å². The number of hydrazine groups is 1. The molecule has 0 bridgehead atoms. The number of nitrogens with two attached hydrogens (primary N) is 1. The number of ether oxygens (including phenoxy) is 1. The summed E-state index contributed by atoms with van der Waals surface area (Å²) >= 11 is 0. The second kappa shape index (κ2) is 5.41. The summed E-state index contributed by atoms with van der Waals surface area (Å²) in [5, 5.41) is 18.0. The van der Waals surface area contributed by atoms with Crippen LogP contribution in [-0.4, -0.2) is 22.8 Å². The zero-order valence-electron chi connectivity index (χ0n) is 8.43. The Bertz CT molecular complexity index is 414. The Kier molecular flexibility index (Phi) is 4.18. The first-order valence-electron chi connectivity index (χ1n) is 4.42. The largest absolute Gasteiger partial charge is 0.479 e. The van der Waals surface area contributed by atoms with Gasteiger partial charge in [0.05, 0.1) is 5.69 Å². The number of aliphatic hydroxyl groups excluding tert-OH is 1. The molecule has 0 aliphatic rings. The van der Waals surface area contributed by atoms with Gasteiger partial charge in [0.15, 0.2) is 6.10 Å². The first-order valence-corrected chi connectivity index (χ1v) is 4.42. The quantitative estimate of drug-likeness (QED) is 0.451. The van der Waals surface area contributed by atoms with Crippen LogP contribution in [0.4, 0.5) is 14.5 Å². The van der Waals surface area contributed by atoms with Crippen LogP contribution < -0.4 is 16.0 Å². The average Bonchev–Trinajstić information content (AvgIpc) is 2.27. The van der Waals surface area contributed by atoms with E-state index >= 15 is 0 Å². The van der Waals surface area contributed by atoms with Gasteiger partial charge in [-0.05, 0) is 18.2 Å². The highest BCUT2D eigenvalue weighted by atomic mass is 19.3. The molecule has 1 aromatic rings. The zero-order chi connectivity index (χ0) is 13.0. The highest BCUT2D eigenvalue weighted by molar-refractivity contribution is 5.77. The van der Waals surface area contributed by atoms with Crippen molar-refractivity contribution in [3.63, 3.8) is 0 Å². The summed E-state index contributed by atoms with van der Waals surface area (Å²) in [5.41, 5.74) is 2.08. The second-order valence-corrected chi connectivity index (χ2v) is 3.01. The highest BCUT2D eigenvalue weighted by Crippen LogP contribution is 2.28. The van der Waals surface area contributed by atoms with Gasteiger partial charge in [-0.1, -0.05) is 0 Å². The van der Waals surface area contributed by atoms with Crippen LogP contribution in [0, 0.1) is 0 Å². The summed E-state index contributed by atoms with van der Waals surface area (Å²) in [6.07, 6.45) is -1.89. The van der Waals surface area contributed by atoms with Crippen LogP contribution in [0.15, 0.2) is 18.2 Å². The minimum atomic E-state index is -3.04. The third-order valence-electron chi connectivity index (χ3n) is 1.93. The molecule has 8 heteroatoms. The zero-order valence-corrected chi connectivity index (χ0v) is 8.43. The number of hydrogen-bond donors (Lipinski definition) is 4. The standard InChI is InChI=1S/C9H10F2N2O4/c10-9(11)17-4-1-2-6(13-12)5(3-4)7(14)8(15)16/h1-3,7,9,13-14H,12H2,(H,15,16). The first-order chi connectivity index (χ1) is 7.95. The second-order valence-electron chi connectivity index (χ2n) is 3.01. The Labute approximate surface area is 94.6 Å². The summed E-state index contributed by atoms with van der Waals surface area (Å²) in [7, 11) is 0. The van der Waals surface area contributed by atoms with Crippen LogP contribution >= 0.6 is 0 Å². The fourth-order valence-electron chi connectivity index (χ4n) is 1.21. The predicted octanol–water partition coefficient (Wildman–Crippen LogP) is 0.692. The highest BCUT2D eigenvalue weighted by Gasteiger charge is 2.20. The Hall–Kier alpha value is -1.93. The van der Waals surface area contributed by atoms with E-state index in [9.17, 15) is 18.7 Å². The van der Waals surface area contributed by atoms with Gasteiger partial charge >= 0.3 is 12.6 Å². The number of alkyl halides is 2. The number of carboxylic acids is 1. The van der Waals surface area contributed by atoms with Crippen molar-refractivity contribution < 1.29 is 28.5 Å². The molecule has 0 radical (unpaired) electrons. The minimum absolute atomic E-state index is 0.0986. The van der Waals surface area contributed by atoms with Crippen molar-refractivity contribution in [2.24, 2.45) is 5.84 Å². The topological polar surface area (TPSA) is 105 Å².